The van der Waals surface area contributed by atoms with E-state index in [1.807, 2.05) is 0 Å². The first-order chi connectivity index (χ1) is 8.71. The summed E-state index contributed by atoms with van der Waals surface area (Å²) in [5.74, 6) is 0. The molecular weight excluding hydrogens is 306 g/mol. The smallest absolute Gasteiger partial charge is 0.0487 e. The highest BCUT2D eigenvalue weighted by atomic mass is 79.9. The van der Waals surface area contributed by atoms with E-state index in [1.165, 1.54) is 53.6 Å². The monoisotopic (exact) mass is 325 g/mol. The van der Waals surface area contributed by atoms with E-state index in [0.717, 1.165) is 5.41 Å². The third-order valence-corrected chi connectivity index (χ3v) is 5.92. The first kappa shape index (κ1) is 12.9. The van der Waals surface area contributed by atoms with Gasteiger partial charge >= 0.3 is 0 Å². The van der Waals surface area contributed by atoms with Crippen molar-refractivity contribution in [2.24, 2.45) is 5.41 Å². The standard InChI is InChI=1S/C15H20BrNS/c1-18-12-2-3-14(13(16)10-12)17-11-4-6-15(7-5-11)8-9-15/h2-3,10-11,17H,4-9H2,1H3. The third kappa shape index (κ3) is 2.72. The molecule has 1 aromatic carbocycles. The lowest BCUT2D eigenvalue weighted by Crippen LogP contribution is -2.26. The second-order valence-electron chi connectivity index (χ2n) is 5.76. The maximum atomic E-state index is 3.71. The van der Waals surface area contributed by atoms with Crippen LogP contribution in [0.25, 0.3) is 0 Å². The number of anilines is 1. The van der Waals surface area contributed by atoms with Crippen molar-refractivity contribution < 1.29 is 0 Å². The second kappa shape index (κ2) is 5.09. The normalized spacial score (nSPS) is 22.1. The second-order valence-corrected chi connectivity index (χ2v) is 7.50. The Hall–Kier alpha value is -0.150. The molecule has 2 saturated carbocycles. The predicted octanol–water partition coefficient (Wildman–Crippen LogP) is 5.31. The molecule has 3 rings (SSSR count). The van der Waals surface area contributed by atoms with Crippen LogP contribution in [0.15, 0.2) is 27.6 Å². The molecule has 2 aliphatic carbocycles. The van der Waals surface area contributed by atoms with Crippen LogP contribution in [0.1, 0.15) is 38.5 Å². The number of hydrogen-bond acceptors (Lipinski definition) is 2. The first-order valence-corrected chi connectivity index (χ1v) is 8.83. The van der Waals surface area contributed by atoms with E-state index in [0.29, 0.717) is 6.04 Å². The zero-order chi connectivity index (χ0) is 12.6. The van der Waals surface area contributed by atoms with Crippen LogP contribution in [-0.4, -0.2) is 12.3 Å². The van der Waals surface area contributed by atoms with E-state index in [9.17, 15) is 0 Å². The van der Waals surface area contributed by atoms with Crippen LogP contribution >= 0.6 is 27.7 Å². The molecule has 1 aromatic rings. The van der Waals surface area contributed by atoms with Crippen molar-refractivity contribution >= 4 is 33.4 Å². The van der Waals surface area contributed by atoms with E-state index >= 15 is 0 Å². The number of benzene rings is 1. The molecule has 0 saturated heterocycles. The average Bonchev–Trinajstić information content (AvgIpc) is 3.14. The van der Waals surface area contributed by atoms with Gasteiger partial charge in [0.1, 0.15) is 0 Å². The molecule has 98 valence electrons. The lowest BCUT2D eigenvalue weighted by atomic mass is 9.83. The summed E-state index contributed by atoms with van der Waals surface area (Å²) in [5.41, 5.74) is 2.04. The van der Waals surface area contributed by atoms with Gasteiger partial charge in [0.25, 0.3) is 0 Å². The maximum Gasteiger partial charge on any atom is 0.0487 e. The highest BCUT2D eigenvalue weighted by Crippen LogP contribution is 2.56. The fourth-order valence-electron chi connectivity index (χ4n) is 3.01. The topological polar surface area (TPSA) is 12.0 Å². The van der Waals surface area contributed by atoms with Crippen molar-refractivity contribution in [3.8, 4) is 0 Å². The van der Waals surface area contributed by atoms with Gasteiger partial charge in [0.2, 0.25) is 0 Å². The third-order valence-electron chi connectivity index (χ3n) is 4.54. The fraction of sp³-hybridized carbons (Fsp3) is 0.600. The number of hydrogen-bond donors (Lipinski definition) is 1. The Morgan fingerprint density at radius 2 is 1.94 bits per heavy atom. The Labute approximate surface area is 122 Å². The SMILES string of the molecule is CSc1ccc(NC2CCC3(CC2)CC3)c(Br)c1. The van der Waals surface area contributed by atoms with E-state index in [2.05, 4.69) is 45.7 Å². The van der Waals surface area contributed by atoms with Gasteiger partial charge in [-0.25, -0.2) is 0 Å². The van der Waals surface area contributed by atoms with Crippen LogP contribution < -0.4 is 5.32 Å². The lowest BCUT2D eigenvalue weighted by molar-refractivity contribution is 0.317. The summed E-state index contributed by atoms with van der Waals surface area (Å²) in [7, 11) is 0. The molecule has 0 aliphatic heterocycles. The van der Waals surface area contributed by atoms with Crippen molar-refractivity contribution in [2.75, 3.05) is 11.6 Å². The van der Waals surface area contributed by atoms with E-state index in [-0.39, 0.29) is 0 Å². The van der Waals surface area contributed by atoms with Crippen LogP contribution in [-0.2, 0) is 0 Å². The molecule has 0 bridgehead atoms. The van der Waals surface area contributed by atoms with Gasteiger partial charge in [0.05, 0.1) is 0 Å². The van der Waals surface area contributed by atoms with Crippen molar-refractivity contribution in [3.05, 3.63) is 22.7 Å². The van der Waals surface area contributed by atoms with Gasteiger partial charge in [-0.15, -0.1) is 11.8 Å². The zero-order valence-electron chi connectivity index (χ0n) is 10.8. The number of nitrogens with one attached hydrogen (secondary N) is 1. The van der Waals surface area contributed by atoms with E-state index in [4.69, 9.17) is 0 Å². The van der Waals surface area contributed by atoms with E-state index < -0.39 is 0 Å². The lowest BCUT2D eigenvalue weighted by Gasteiger charge is -2.30. The first-order valence-electron chi connectivity index (χ1n) is 6.81. The van der Waals surface area contributed by atoms with Gasteiger partial charge in [-0.05, 0) is 84.3 Å². The summed E-state index contributed by atoms with van der Waals surface area (Å²) in [4.78, 5) is 1.31. The summed E-state index contributed by atoms with van der Waals surface area (Å²) in [6.07, 6.45) is 10.7. The predicted molar refractivity (Wildman–Crippen MR) is 83.5 cm³/mol. The minimum absolute atomic E-state index is 0.674. The minimum atomic E-state index is 0.674. The Morgan fingerprint density at radius 1 is 1.22 bits per heavy atom. The molecule has 1 N–H and O–H groups in total. The van der Waals surface area contributed by atoms with Gasteiger partial charge in [0, 0.05) is 21.1 Å². The molecule has 18 heavy (non-hydrogen) atoms. The Bertz CT molecular complexity index is 432. The quantitative estimate of drug-likeness (QED) is 0.756. The molecule has 2 aliphatic rings. The summed E-state index contributed by atoms with van der Waals surface area (Å²) in [6.45, 7) is 0. The van der Waals surface area contributed by atoms with Crippen LogP contribution in [0.3, 0.4) is 0 Å². The van der Waals surface area contributed by atoms with E-state index in [1.54, 1.807) is 11.8 Å². The molecule has 1 spiro atoms. The molecule has 0 aromatic heterocycles. The Morgan fingerprint density at radius 3 is 2.50 bits per heavy atom. The molecular formula is C15H20BrNS. The minimum Gasteiger partial charge on any atom is -0.381 e. The van der Waals surface area contributed by atoms with Crippen molar-refractivity contribution in [1.82, 2.24) is 0 Å². The summed E-state index contributed by atoms with van der Waals surface area (Å²) >= 11 is 5.46. The van der Waals surface area contributed by atoms with Crippen molar-refractivity contribution in [3.63, 3.8) is 0 Å². The van der Waals surface area contributed by atoms with Gasteiger partial charge < -0.3 is 5.32 Å². The van der Waals surface area contributed by atoms with Gasteiger partial charge in [-0.1, -0.05) is 0 Å². The number of halogens is 1. The van der Waals surface area contributed by atoms with Crippen LogP contribution in [0.4, 0.5) is 5.69 Å². The summed E-state index contributed by atoms with van der Waals surface area (Å²) in [5, 5.41) is 3.71. The maximum absolute atomic E-state index is 3.71. The highest BCUT2D eigenvalue weighted by molar-refractivity contribution is 9.10. The fourth-order valence-corrected chi connectivity index (χ4v) is 4.10. The molecule has 1 nitrogen and oxygen atoms in total. The van der Waals surface area contributed by atoms with Crippen molar-refractivity contribution in [1.29, 1.82) is 0 Å². The molecule has 0 heterocycles. The molecule has 0 radical (unpaired) electrons. The molecule has 2 fully saturated rings. The van der Waals surface area contributed by atoms with Crippen LogP contribution in [0.2, 0.25) is 0 Å². The Balaban J connectivity index is 1.62. The van der Waals surface area contributed by atoms with Crippen LogP contribution in [0.5, 0.6) is 0 Å². The van der Waals surface area contributed by atoms with Crippen LogP contribution in [0, 0.1) is 5.41 Å². The number of thioether (sulfide) groups is 1. The summed E-state index contributed by atoms with van der Waals surface area (Å²) in [6, 6.07) is 7.28. The highest BCUT2D eigenvalue weighted by Gasteiger charge is 2.44. The Kier molecular flexibility index (Phi) is 3.63. The van der Waals surface area contributed by atoms with Gasteiger partial charge in [-0.3, -0.25) is 0 Å². The largest absolute Gasteiger partial charge is 0.381 e. The number of rotatable bonds is 3. The van der Waals surface area contributed by atoms with Crippen molar-refractivity contribution in [2.45, 2.75) is 49.5 Å². The average molecular weight is 326 g/mol. The summed E-state index contributed by atoms with van der Waals surface area (Å²) < 4.78 is 1.20. The molecule has 0 amide bonds. The molecule has 0 atom stereocenters. The molecule has 0 unspecified atom stereocenters. The zero-order valence-corrected chi connectivity index (χ0v) is 13.2. The molecule has 3 heteroatoms. The van der Waals surface area contributed by atoms with Gasteiger partial charge in [0.15, 0.2) is 0 Å². The van der Waals surface area contributed by atoms with Gasteiger partial charge in [-0.2, -0.15) is 0 Å².